The zero-order chi connectivity index (χ0) is 19.5. The number of hydrogen-bond donors (Lipinski definition) is 1. The van der Waals surface area contributed by atoms with Crippen molar-refractivity contribution in [1.29, 1.82) is 0 Å². The second-order valence-corrected chi connectivity index (χ2v) is 5.98. The van der Waals surface area contributed by atoms with Crippen LogP contribution < -0.4 is 19.5 Å². The average Bonchev–Trinajstić information content (AvgIpc) is 2.69. The number of rotatable bonds is 11. The highest BCUT2D eigenvalue weighted by molar-refractivity contribution is 5.94. The molecule has 6 heteroatoms. The third kappa shape index (κ3) is 6.81. The zero-order valence-electron chi connectivity index (χ0n) is 15.8. The van der Waals surface area contributed by atoms with Crippen LogP contribution in [0.2, 0.25) is 0 Å². The van der Waals surface area contributed by atoms with Gasteiger partial charge in [0.2, 0.25) is 0 Å². The maximum Gasteiger partial charge on any atom is 0.251 e. The van der Waals surface area contributed by atoms with E-state index < -0.39 is 0 Å². The lowest BCUT2D eigenvalue weighted by Gasteiger charge is -2.12. The first-order valence-corrected chi connectivity index (χ1v) is 9.11. The summed E-state index contributed by atoms with van der Waals surface area (Å²) in [5.74, 6) is 1.29. The Morgan fingerprint density at radius 2 is 1.74 bits per heavy atom. The van der Waals surface area contributed by atoms with Crippen LogP contribution in [0.1, 0.15) is 36.5 Å². The Hall–Kier alpha value is -2.76. The van der Waals surface area contributed by atoms with Crippen molar-refractivity contribution < 1.29 is 23.4 Å². The van der Waals surface area contributed by atoms with Crippen LogP contribution in [-0.2, 0) is 0 Å². The average molecular weight is 375 g/mol. The van der Waals surface area contributed by atoms with Gasteiger partial charge >= 0.3 is 0 Å². The number of halogens is 1. The summed E-state index contributed by atoms with van der Waals surface area (Å²) in [6, 6.07) is 11.0. The fraction of sp³-hybridized carbons (Fsp3) is 0.381. The van der Waals surface area contributed by atoms with Gasteiger partial charge in [-0.1, -0.05) is 13.3 Å². The molecule has 2 aromatic carbocycles. The number of unbranched alkanes of at least 4 members (excludes halogenated alkanes) is 1. The highest BCUT2D eigenvalue weighted by atomic mass is 19.1. The van der Waals surface area contributed by atoms with Gasteiger partial charge in [0, 0.05) is 12.1 Å². The molecule has 0 saturated heterocycles. The van der Waals surface area contributed by atoms with Gasteiger partial charge in [-0.3, -0.25) is 4.79 Å². The molecule has 27 heavy (non-hydrogen) atoms. The topological polar surface area (TPSA) is 56.8 Å². The number of benzene rings is 2. The molecule has 146 valence electrons. The summed E-state index contributed by atoms with van der Waals surface area (Å²) in [6.45, 7) is 3.61. The number of methoxy groups -OCH3 is 1. The number of ether oxygens (including phenoxy) is 3. The highest BCUT2D eigenvalue weighted by Gasteiger charge is 2.11. The fourth-order valence-corrected chi connectivity index (χ4v) is 2.35. The van der Waals surface area contributed by atoms with Crippen molar-refractivity contribution in [1.82, 2.24) is 5.32 Å². The minimum Gasteiger partial charge on any atom is -0.494 e. The maximum atomic E-state index is 12.8. The Bertz CT molecular complexity index is 719. The van der Waals surface area contributed by atoms with Gasteiger partial charge in [0.05, 0.1) is 20.3 Å². The summed E-state index contributed by atoms with van der Waals surface area (Å²) in [4.78, 5) is 12.3. The molecule has 0 heterocycles. The SMILES string of the molecule is CCCCOc1ccc(C(=O)NCCCOc2ccc(F)cc2)cc1OC. The van der Waals surface area contributed by atoms with Crippen LogP contribution in [0.15, 0.2) is 42.5 Å². The van der Waals surface area contributed by atoms with Gasteiger partial charge in [-0.2, -0.15) is 0 Å². The standard InChI is InChI=1S/C21H26FNO4/c1-3-4-13-27-19-11-6-16(15-20(19)25-2)21(24)23-12-5-14-26-18-9-7-17(22)8-10-18/h6-11,15H,3-5,12-14H2,1-2H3,(H,23,24). The Labute approximate surface area is 159 Å². The second-order valence-electron chi connectivity index (χ2n) is 5.98. The van der Waals surface area contributed by atoms with E-state index in [-0.39, 0.29) is 11.7 Å². The molecule has 2 aromatic rings. The molecule has 1 amide bonds. The molecular weight excluding hydrogens is 349 g/mol. The van der Waals surface area contributed by atoms with Crippen molar-refractivity contribution in [2.75, 3.05) is 26.9 Å². The maximum absolute atomic E-state index is 12.8. The molecule has 5 nitrogen and oxygen atoms in total. The molecule has 0 aliphatic rings. The van der Waals surface area contributed by atoms with Crippen molar-refractivity contribution >= 4 is 5.91 Å². The van der Waals surface area contributed by atoms with Gasteiger partial charge in [-0.15, -0.1) is 0 Å². The molecule has 0 saturated carbocycles. The molecule has 0 spiro atoms. The molecule has 0 aliphatic heterocycles. The number of amides is 1. The largest absolute Gasteiger partial charge is 0.494 e. The van der Waals surface area contributed by atoms with E-state index in [2.05, 4.69) is 12.2 Å². The molecule has 0 radical (unpaired) electrons. The Morgan fingerprint density at radius 1 is 1.00 bits per heavy atom. The van der Waals surface area contributed by atoms with Gasteiger partial charge in [-0.25, -0.2) is 4.39 Å². The lowest BCUT2D eigenvalue weighted by atomic mass is 10.2. The molecule has 0 atom stereocenters. The predicted molar refractivity (Wildman–Crippen MR) is 102 cm³/mol. The van der Waals surface area contributed by atoms with Crippen molar-refractivity contribution in [3.8, 4) is 17.2 Å². The normalized spacial score (nSPS) is 10.3. The van der Waals surface area contributed by atoms with Crippen molar-refractivity contribution in [3.05, 3.63) is 53.8 Å². The number of nitrogens with one attached hydrogen (secondary N) is 1. The Kier molecular flexibility index (Phi) is 8.42. The second kappa shape index (κ2) is 11.1. The van der Waals surface area contributed by atoms with Crippen LogP contribution in [-0.4, -0.2) is 32.8 Å². The van der Waals surface area contributed by atoms with Crippen LogP contribution in [0, 0.1) is 5.82 Å². The quantitative estimate of drug-likeness (QED) is 0.598. The van der Waals surface area contributed by atoms with E-state index in [1.165, 1.54) is 12.1 Å². The molecule has 0 unspecified atom stereocenters. The molecular formula is C21H26FNO4. The number of carbonyl (C=O) groups is 1. The van der Waals surface area contributed by atoms with Gasteiger partial charge in [-0.05, 0) is 55.3 Å². The van der Waals surface area contributed by atoms with Crippen LogP contribution in [0.3, 0.4) is 0 Å². The van der Waals surface area contributed by atoms with E-state index in [4.69, 9.17) is 14.2 Å². The van der Waals surface area contributed by atoms with Crippen molar-refractivity contribution in [3.63, 3.8) is 0 Å². The predicted octanol–water partition coefficient (Wildman–Crippen LogP) is 4.21. The van der Waals surface area contributed by atoms with E-state index in [9.17, 15) is 9.18 Å². The third-order valence-corrected chi connectivity index (χ3v) is 3.87. The molecule has 0 aliphatic carbocycles. The monoisotopic (exact) mass is 375 g/mol. The van der Waals surface area contributed by atoms with Crippen molar-refractivity contribution in [2.45, 2.75) is 26.2 Å². The van der Waals surface area contributed by atoms with E-state index in [0.717, 1.165) is 12.8 Å². The van der Waals surface area contributed by atoms with E-state index in [0.29, 0.717) is 49.0 Å². The molecule has 1 N–H and O–H groups in total. The minimum absolute atomic E-state index is 0.185. The molecule has 0 aromatic heterocycles. The lowest BCUT2D eigenvalue weighted by molar-refractivity contribution is 0.0951. The zero-order valence-corrected chi connectivity index (χ0v) is 15.8. The van der Waals surface area contributed by atoms with Crippen LogP contribution in [0.4, 0.5) is 4.39 Å². The number of carbonyl (C=O) groups excluding carboxylic acids is 1. The molecule has 0 fully saturated rings. The summed E-state index contributed by atoms with van der Waals surface area (Å²) in [5, 5.41) is 2.84. The Balaban J connectivity index is 1.76. The molecule has 2 rings (SSSR count). The lowest BCUT2D eigenvalue weighted by Crippen LogP contribution is -2.25. The van der Waals surface area contributed by atoms with Crippen molar-refractivity contribution in [2.24, 2.45) is 0 Å². The first-order valence-electron chi connectivity index (χ1n) is 9.11. The smallest absolute Gasteiger partial charge is 0.251 e. The first-order chi connectivity index (χ1) is 13.1. The van der Waals surface area contributed by atoms with Gasteiger partial charge in [0.25, 0.3) is 5.91 Å². The minimum atomic E-state index is -0.299. The first kappa shape index (κ1) is 20.6. The van der Waals surface area contributed by atoms with E-state index in [1.54, 1.807) is 37.4 Å². The Morgan fingerprint density at radius 3 is 2.44 bits per heavy atom. The summed E-state index contributed by atoms with van der Waals surface area (Å²) < 4.78 is 29.3. The van der Waals surface area contributed by atoms with Gasteiger partial charge in [0.1, 0.15) is 11.6 Å². The summed E-state index contributed by atoms with van der Waals surface area (Å²) in [6.07, 6.45) is 2.65. The highest BCUT2D eigenvalue weighted by Crippen LogP contribution is 2.28. The van der Waals surface area contributed by atoms with E-state index >= 15 is 0 Å². The van der Waals surface area contributed by atoms with Crippen LogP contribution in [0.25, 0.3) is 0 Å². The van der Waals surface area contributed by atoms with Crippen LogP contribution in [0.5, 0.6) is 17.2 Å². The number of hydrogen-bond acceptors (Lipinski definition) is 4. The third-order valence-electron chi connectivity index (χ3n) is 3.87. The summed E-state index contributed by atoms with van der Waals surface area (Å²) >= 11 is 0. The summed E-state index contributed by atoms with van der Waals surface area (Å²) in [7, 11) is 1.55. The fourth-order valence-electron chi connectivity index (χ4n) is 2.35. The van der Waals surface area contributed by atoms with E-state index in [1.807, 2.05) is 0 Å². The summed E-state index contributed by atoms with van der Waals surface area (Å²) in [5.41, 5.74) is 0.508. The van der Waals surface area contributed by atoms with Crippen LogP contribution >= 0.6 is 0 Å². The van der Waals surface area contributed by atoms with Gasteiger partial charge < -0.3 is 19.5 Å². The van der Waals surface area contributed by atoms with Gasteiger partial charge in [0.15, 0.2) is 11.5 Å². The molecule has 0 bridgehead atoms.